The number of amides is 2. The van der Waals surface area contributed by atoms with E-state index in [0.29, 0.717) is 19.1 Å². The minimum Gasteiger partial charge on any atom is -0.370 e. The van der Waals surface area contributed by atoms with Crippen molar-refractivity contribution in [2.75, 3.05) is 18.0 Å². The molecule has 1 aliphatic rings. The molecule has 0 spiro atoms. The van der Waals surface area contributed by atoms with Crippen molar-refractivity contribution < 1.29 is 9.59 Å². The van der Waals surface area contributed by atoms with E-state index in [0.717, 1.165) is 25.1 Å². The van der Waals surface area contributed by atoms with Crippen LogP contribution in [-0.2, 0) is 16.1 Å². The van der Waals surface area contributed by atoms with Crippen LogP contribution in [0.3, 0.4) is 0 Å². The minimum atomic E-state index is -0.400. The molecule has 2 amide bonds. The summed E-state index contributed by atoms with van der Waals surface area (Å²) in [5.74, 6) is -0.399. The van der Waals surface area contributed by atoms with Crippen molar-refractivity contribution in [1.29, 1.82) is 0 Å². The normalized spacial score (nSPS) is 13.6. The topological polar surface area (TPSA) is 66.6 Å². The lowest BCUT2D eigenvalue weighted by Gasteiger charge is -2.27. The van der Waals surface area contributed by atoms with Gasteiger partial charge in [-0.15, -0.1) is 0 Å². The summed E-state index contributed by atoms with van der Waals surface area (Å²) in [7, 11) is 0. The number of carbonyl (C=O) groups excluding carboxylic acids is 2. The van der Waals surface area contributed by atoms with Crippen LogP contribution in [0.2, 0.25) is 0 Å². The molecule has 2 N–H and O–H groups in total. The number of aryl methyl sites for hydroxylation is 1. The molecule has 0 aliphatic heterocycles. The molecule has 0 heterocycles. The summed E-state index contributed by atoms with van der Waals surface area (Å²) in [6.07, 6.45) is 2.42. The van der Waals surface area contributed by atoms with Crippen LogP contribution in [0, 0.1) is 6.92 Å². The Hall–Kier alpha value is -2.66. The number of rotatable bonds is 9. The Labute approximate surface area is 160 Å². The number of nitrogens with two attached hydrogens (primary N) is 1. The lowest BCUT2D eigenvalue weighted by molar-refractivity contribution is -0.120. The van der Waals surface area contributed by atoms with Gasteiger partial charge in [0.15, 0.2) is 0 Å². The molecule has 27 heavy (non-hydrogen) atoms. The Morgan fingerprint density at radius 3 is 2.44 bits per heavy atom. The number of nitrogens with zero attached hydrogens (tertiary/aromatic N) is 2. The van der Waals surface area contributed by atoms with E-state index in [1.165, 1.54) is 11.1 Å². The van der Waals surface area contributed by atoms with Gasteiger partial charge in [-0.05, 0) is 37.5 Å². The van der Waals surface area contributed by atoms with Crippen LogP contribution >= 0.6 is 0 Å². The van der Waals surface area contributed by atoms with Crippen LogP contribution < -0.4 is 10.6 Å². The smallest absolute Gasteiger partial charge is 0.241 e. The highest BCUT2D eigenvalue weighted by molar-refractivity contribution is 5.95. The van der Waals surface area contributed by atoms with Crippen molar-refractivity contribution in [3.8, 4) is 0 Å². The Morgan fingerprint density at radius 2 is 1.81 bits per heavy atom. The first-order valence-corrected chi connectivity index (χ1v) is 9.46. The summed E-state index contributed by atoms with van der Waals surface area (Å²) in [4.78, 5) is 28.3. The summed E-state index contributed by atoms with van der Waals surface area (Å²) in [6, 6.07) is 18.4. The first-order valence-electron chi connectivity index (χ1n) is 9.46. The number of benzene rings is 2. The highest BCUT2D eigenvalue weighted by Gasteiger charge is 2.31. The fourth-order valence-electron chi connectivity index (χ4n) is 3.29. The highest BCUT2D eigenvalue weighted by Crippen LogP contribution is 2.28. The van der Waals surface area contributed by atoms with Gasteiger partial charge in [0.1, 0.15) is 0 Å². The summed E-state index contributed by atoms with van der Waals surface area (Å²) in [5, 5.41) is 0. The van der Waals surface area contributed by atoms with Gasteiger partial charge in [0.05, 0.1) is 6.54 Å². The van der Waals surface area contributed by atoms with E-state index in [9.17, 15) is 9.59 Å². The van der Waals surface area contributed by atoms with Gasteiger partial charge in [-0.3, -0.25) is 14.5 Å². The molecule has 1 aliphatic carbocycles. The van der Waals surface area contributed by atoms with Gasteiger partial charge >= 0.3 is 0 Å². The van der Waals surface area contributed by atoms with Crippen molar-refractivity contribution in [2.24, 2.45) is 5.73 Å². The van der Waals surface area contributed by atoms with Gasteiger partial charge in [-0.25, -0.2) is 0 Å². The van der Waals surface area contributed by atoms with Gasteiger partial charge < -0.3 is 10.6 Å². The fraction of sp³-hybridized carbons (Fsp3) is 0.364. The number of para-hydroxylation sites is 1. The predicted octanol–water partition coefficient (Wildman–Crippen LogP) is 2.87. The van der Waals surface area contributed by atoms with Gasteiger partial charge in [0, 0.05) is 31.2 Å². The van der Waals surface area contributed by atoms with E-state index in [1.807, 2.05) is 30.3 Å². The average Bonchev–Trinajstić information content (AvgIpc) is 3.47. The Morgan fingerprint density at radius 1 is 1.07 bits per heavy atom. The Balaban J connectivity index is 1.72. The molecule has 0 saturated heterocycles. The lowest BCUT2D eigenvalue weighted by Crippen LogP contribution is -2.42. The molecule has 2 aromatic carbocycles. The molecule has 0 unspecified atom stereocenters. The molecule has 1 saturated carbocycles. The van der Waals surface area contributed by atoms with Crippen LogP contribution in [0.1, 0.15) is 30.4 Å². The van der Waals surface area contributed by atoms with Crippen LogP contribution in [0.5, 0.6) is 0 Å². The van der Waals surface area contributed by atoms with E-state index in [1.54, 1.807) is 4.90 Å². The number of carbonyl (C=O) groups is 2. The molecule has 2 aromatic rings. The standard InChI is InChI=1S/C22H27N3O2/c1-17-6-5-7-18(14-17)15-24(19-10-11-19)16-22(27)25(13-12-21(23)26)20-8-3-2-4-9-20/h2-9,14,19H,10-13,15-16H2,1H3,(H2,23,26). The van der Waals surface area contributed by atoms with Crippen LogP contribution in [-0.4, -0.2) is 35.8 Å². The molecule has 3 rings (SSSR count). The van der Waals surface area contributed by atoms with Gasteiger partial charge in [0.25, 0.3) is 0 Å². The maximum Gasteiger partial charge on any atom is 0.241 e. The van der Waals surface area contributed by atoms with Crippen molar-refractivity contribution in [3.63, 3.8) is 0 Å². The molecule has 5 heteroatoms. The van der Waals surface area contributed by atoms with Crippen molar-refractivity contribution >= 4 is 17.5 Å². The summed E-state index contributed by atoms with van der Waals surface area (Å²) in [5.41, 5.74) is 8.55. The SMILES string of the molecule is Cc1cccc(CN(CC(=O)N(CCC(N)=O)c2ccccc2)C2CC2)c1. The predicted molar refractivity (Wildman–Crippen MR) is 107 cm³/mol. The van der Waals surface area contributed by atoms with E-state index >= 15 is 0 Å². The van der Waals surface area contributed by atoms with Gasteiger partial charge in [-0.2, -0.15) is 0 Å². The van der Waals surface area contributed by atoms with Gasteiger partial charge in [-0.1, -0.05) is 48.0 Å². The molecular formula is C22H27N3O2. The first kappa shape index (κ1) is 19.1. The molecule has 0 bridgehead atoms. The number of anilines is 1. The lowest BCUT2D eigenvalue weighted by atomic mass is 10.1. The molecule has 5 nitrogen and oxygen atoms in total. The van der Waals surface area contributed by atoms with Crippen molar-refractivity contribution in [1.82, 2.24) is 4.90 Å². The molecule has 1 fully saturated rings. The molecular weight excluding hydrogens is 338 g/mol. The quantitative estimate of drug-likeness (QED) is 0.743. The summed E-state index contributed by atoms with van der Waals surface area (Å²) < 4.78 is 0. The Kier molecular flexibility index (Phi) is 6.24. The number of primary amides is 1. The van der Waals surface area contributed by atoms with E-state index < -0.39 is 5.91 Å². The molecule has 0 radical (unpaired) electrons. The molecule has 142 valence electrons. The maximum absolute atomic E-state index is 13.1. The second kappa shape index (κ2) is 8.82. The Bertz CT molecular complexity index is 787. The second-order valence-electron chi connectivity index (χ2n) is 7.22. The number of hydrogen-bond acceptors (Lipinski definition) is 3. The maximum atomic E-state index is 13.1. The fourth-order valence-corrected chi connectivity index (χ4v) is 3.29. The minimum absolute atomic E-state index is 0.00185. The molecule has 0 aromatic heterocycles. The van der Waals surface area contributed by atoms with Gasteiger partial charge in [0.2, 0.25) is 11.8 Å². The van der Waals surface area contributed by atoms with Crippen molar-refractivity contribution in [3.05, 3.63) is 65.7 Å². The summed E-state index contributed by atoms with van der Waals surface area (Å²) >= 11 is 0. The zero-order valence-corrected chi connectivity index (χ0v) is 15.8. The highest BCUT2D eigenvalue weighted by atomic mass is 16.2. The third-order valence-electron chi connectivity index (χ3n) is 4.82. The molecule has 0 atom stereocenters. The largest absolute Gasteiger partial charge is 0.370 e. The van der Waals surface area contributed by atoms with E-state index in [2.05, 4.69) is 36.1 Å². The first-order chi connectivity index (χ1) is 13.0. The number of hydrogen-bond donors (Lipinski definition) is 1. The zero-order chi connectivity index (χ0) is 19.2. The second-order valence-corrected chi connectivity index (χ2v) is 7.22. The van der Waals surface area contributed by atoms with Crippen LogP contribution in [0.4, 0.5) is 5.69 Å². The van der Waals surface area contributed by atoms with Crippen LogP contribution in [0.25, 0.3) is 0 Å². The average molecular weight is 365 g/mol. The monoisotopic (exact) mass is 365 g/mol. The van der Waals surface area contributed by atoms with E-state index in [4.69, 9.17) is 5.73 Å². The summed E-state index contributed by atoms with van der Waals surface area (Å²) in [6.45, 7) is 3.49. The van der Waals surface area contributed by atoms with Crippen molar-refractivity contribution in [2.45, 2.75) is 38.8 Å². The third-order valence-corrected chi connectivity index (χ3v) is 4.82. The third kappa shape index (κ3) is 5.66. The van der Waals surface area contributed by atoms with E-state index in [-0.39, 0.29) is 12.3 Å². The zero-order valence-electron chi connectivity index (χ0n) is 15.8. The van der Waals surface area contributed by atoms with Crippen LogP contribution in [0.15, 0.2) is 54.6 Å².